The second-order valence-corrected chi connectivity index (χ2v) is 7.48. The monoisotopic (exact) mass is 362 g/mol. The van der Waals surface area contributed by atoms with Gasteiger partial charge in [-0.2, -0.15) is 0 Å². The molecule has 0 unspecified atom stereocenters. The fraction of sp³-hybridized carbons (Fsp3) is 0.474. The van der Waals surface area contributed by atoms with Crippen LogP contribution in [0.25, 0.3) is 6.08 Å². The molecule has 24 heavy (non-hydrogen) atoms. The van der Waals surface area contributed by atoms with Crippen molar-refractivity contribution in [2.45, 2.75) is 40.0 Å². The van der Waals surface area contributed by atoms with Crippen molar-refractivity contribution in [3.05, 3.63) is 34.7 Å². The van der Waals surface area contributed by atoms with Crippen LogP contribution >= 0.6 is 24.0 Å². The molecule has 1 saturated heterocycles. The first-order chi connectivity index (χ1) is 11.6. The summed E-state index contributed by atoms with van der Waals surface area (Å²) in [5, 5.41) is 0. The lowest BCUT2D eigenvalue weighted by Crippen LogP contribution is -2.28. The van der Waals surface area contributed by atoms with Gasteiger partial charge in [-0.05, 0) is 44.0 Å². The highest BCUT2D eigenvalue weighted by molar-refractivity contribution is 8.26. The summed E-state index contributed by atoms with van der Waals surface area (Å²) in [5.74, 6) is 0.0499. The van der Waals surface area contributed by atoms with Crippen molar-refractivity contribution in [1.29, 1.82) is 0 Å². The van der Waals surface area contributed by atoms with E-state index in [4.69, 9.17) is 12.2 Å². The SMILES string of the molecule is CCCCCN1C(=O)C(=Cc2ccc(N(CC)CC)cc2)SC1=S. The fourth-order valence-corrected chi connectivity index (χ4v) is 4.04. The van der Waals surface area contributed by atoms with Crippen molar-refractivity contribution in [3.63, 3.8) is 0 Å². The van der Waals surface area contributed by atoms with E-state index in [-0.39, 0.29) is 5.91 Å². The number of unbranched alkanes of at least 4 members (excludes halogenated alkanes) is 2. The zero-order valence-electron chi connectivity index (χ0n) is 14.7. The molecule has 2 rings (SSSR count). The highest BCUT2D eigenvalue weighted by Gasteiger charge is 2.31. The van der Waals surface area contributed by atoms with E-state index in [1.54, 1.807) is 4.90 Å². The number of carbonyl (C=O) groups excluding carboxylic acids is 1. The highest BCUT2D eigenvalue weighted by Crippen LogP contribution is 2.33. The average molecular weight is 363 g/mol. The van der Waals surface area contributed by atoms with Crippen molar-refractivity contribution >= 4 is 46.0 Å². The molecule has 0 aromatic heterocycles. The summed E-state index contributed by atoms with van der Waals surface area (Å²) in [6.45, 7) is 9.18. The quantitative estimate of drug-likeness (QED) is 0.372. The van der Waals surface area contributed by atoms with E-state index in [1.165, 1.54) is 17.4 Å². The molecule has 1 aliphatic rings. The number of hydrogen-bond acceptors (Lipinski definition) is 4. The molecule has 130 valence electrons. The Morgan fingerprint density at radius 1 is 1.12 bits per heavy atom. The minimum absolute atomic E-state index is 0.0499. The van der Waals surface area contributed by atoms with E-state index in [1.807, 2.05) is 6.08 Å². The molecule has 1 aromatic rings. The Bertz CT molecular complexity index is 606. The Kier molecular flexibility index (Phi) is 7.31. The largest absolute Gasteiger partial charge is 0.372 e. The predicted octanol–water partition coefficient (Wildman–Crippen LogP) is 4.92. The maximum absolute atomic E-state index is 12.5. The zero-order chi connectivity index (χ0) is 17.5. The number of nitrogens with zero attached hydrogens (tertiary/aromatic N) is 2. The van der Waals surface area contributed by atoms with Crippen molar-refractivity contribution in [1.82, 2.24) is 4.90 Å². The normalized spacial score (nSPS) is 16.3. The maximum Gasteiger partial charge on any atom is 0.266 e. The van der Waals surface area contributed by atoms with Gasteiger partial charge < -0.3 is 4.90 Å². The van der Waals surface area contributed by atoms with Crippen LogP contribution in [-0.2, 0) is 4.79 Å². The Morgan fingerprint density at radius 2 is 1.79 bits per heavy atom. The lowest BCUT2D eigenvalue weighted by molar-refractivity contribution is -0.122. The molecule has 1 aliphatic heterocycles. The van der Waals surface area contributed by atoms with Gasteiger partial charge >= 0.3 is 0 Å². The van der Waals surface area contributed by atoms with Crippen LogP contribution in [0.15, 0.2) is 29.2 Å². The second kappa shape index (κ2) is 9.23. The molecule has 0 saturated carbocycles. The third-order valence-electron chi connectivity index (χ3n) is 4.18. The van der Waals surface area contributed by atoms with Crippen LogP contribution in [0.4, 0.5) is 5.69 Å². The summed E-state index contributed by atoms with van der Waals surface area (Å²) in [6, 6.07) is 8.36. The van der Waals surface area contributed by atoms with Gasteiger partial charge in [-0.3, -0.25) is 9.69 Å². The number of carbonyl (C=O) groups is 1. The lowest BCUT2D eigenvalue weighted by Gasteiger charge is -2.20. The van der Waals surface area contributed by atoms with Crippen LogP contribution in [0.1, 0.15) is 45.6 Å². The Balaban J connectivity index is 2.08. The molecule has 1 heterocycles. The molecule has 0 spiro atoms. The third-order valence-corrected chi connectivity index (χ3v) is 5.56. The number of thiocarbonyl (C=S) groups is 1. The summed E-state index contributed by atoms with van der Waals surface area (Å²) in [7, 11) is 0. The predicted molar refractivity (Wildman–Crippen MR) is 109 cm³/mol. The third kappa shape index (κ3) is 4.61. The molecule has 1 fully saturated rings. The summed E-state index contributed by atoms with van der Waals surface area (Å²) in [6.07, 6.45) is 5.23. The molecule has 5 heteroatoms. The van der Waals surface area contributed by atoms with Crippen molar-refractivity contribution in [3.8, 4) is 0 Å². The number of thioether (sulfide) groups is 1. The standard InChI is InChI=1S/C19H26N2OS2/c1-4-7-8-13-21-18(22)17(24-19(21)23)14-15-9-11-16(12-10-15)20(5-2)6-3/h9-12,14H,4-8,13H2,1-3H3. The van der Waals surface area contributed by atoms with E-state index in [2.05, 4.69) is 49.9 Å². The Morgan fingerprint density at radius 3 is 2.38 bits per heavy atom. The van der Waals surface area contributed by atoms with Crippen LogP contribution < -0.4 is 4.90 Å². The molecule has 0 radical (unpaired) electrons. The summed E-state index contributed by atoms with van der Waals surface area (Å²) >= 11 is 6.78. The summed E-state index contributed by atoms with van der Waals surface area (Å²) < 4.78 is 0.683. The van der Waals surface area contributed by atoms with Gasteiger partial charge in [-0.15, -0.1) is 0 Å². The molecular formula is C19H26N2OS2. The van der Waals surface area contributed by atoms with Crippen LogP contribution in [0.3, 0.4) is 0 Å². The summed E-state index contributed by atoms with van der Waals surface area (Å²) in [4.78, 5) is 17.3. The molecule has 1 aromatic carbocycles. The topological polar surface area (TPSA) is 23.6 Å². The average Bonchev–Trinajstić information content (AvgIpc) is 2.85. The van der Waals surface area contributed by atoms with E-state index in [0.29, 0.717) is 4.32 Å². The van der Waals surface area contributed by atoms with Gasteiger partial charge in [-0.25, -0.2) is 0 Å². The van der Waals surface area contributed by atoms with Crippen LogP contribution in [0, 0.1) is 0 Å². The van der Waals surface area contributed by atoms with E-state index < -0.39 is 0 Å². The van der Waals surface area contributed by atoms with Gasteiger partial charge in [0.15, 0.2) is 0 Å². The maximum atomic E-state index is 12.5. The number of anilines is 1. The summed E-state index contributed by atoms with van der Waals surface area (Å²) in [5.41, 5.74) is 2.25. The molecule has 0 atom stereocenters. The van der Waals surface area contributed by atoms with Gasteiger partial charge in [0.25, 0.3) is 5.91 Å². The minimum Gasteiger partial charge on any atom is -0.372 e. The van der Waals surface area contributed by atoms with Crippen LogP contribution in [0.5, 0.6) is 0 Å². The number of benzene rings is 1. The van der Waals surface area contributed by atoms with Crippen molar-refractivity contribution in [2.24, 2.45) is 0 Å². The molecule has 0 N–H and O–H groups in total. The van der Waals surface area contributed by atoms with Crippen molar-refractivity contribution < 1.29 is 4.79 Å². The van der Waals surface area contributed by atoms with Crippen LogP contribution in [-0.4, -0.2) is 34.8 Å². The van der Waals surface area contributed by atoms with Gasteiger partial charge in [0.2, 0.25) is 0 Å². The first-order valence-corrected chi connectivity index (χ1v) is 9.93. The van der Waals surface area contributed by atoms with Crippen LogP contribution in [0.2, 0.25) is 0 Å². The zero-order valence-corrected chi connectivity index (χ0v) is 16.4. The number of amides is 1. The van der Waals surface area contributed by atoms with E-state index >= 15 is 0 Å². The number of hydrogen-bond donors (Lipinski definition) is 0. The first-order valence-electron chi connectivity index (χ1n) is 8.71. The van der Waals surface area contributed by atoms with Gasteiger partial charge in [0, 0.05) is 25.3 Å². The minimum atomic E-state index is 0.0499. The Hall–Kier alpha value is -1.33. The molecule has 0 aliphatic carbocycles. The molecule has 3 nitrogen and oxygen atoms in total. The van der Waals surface area contributed by atoms with Crippen molar-refractivity contribution in [2.75, 3.05) is 24.5 Å². The number of rotatable bonds is 8. The highest BCUT2D eigenvalue weighted by atomic mass is 32.2. The van der Waals surface area contributed by atoms with Gasteiger partial charge in [0.1, 0.15) is 4.32 Å². The molecule has 1 amide bonds. The lowest BCUT2D eigenvalue weighted by atomic mass is 10.1. The smallest absolute Gasteiger partial charge is 0.266 e. The first kappa shape index (κ1) is 19.0. The fourth-order valence-electron chi connectivity index (χ4n) is 2.73. The molecule has 0 bridgehead atoms. The van der Waals surface area contributed by atoms with E-state index in [9.17, 15) is 4.79 Å². The van der Waals surface area contributed by atoms with Gasteiger partial charge in [-0.1, -0.05) is 55.9 Å². The second-order valence-electron chi connectivity index (χ2n) is 5.80. The Labute approximate surface area is 155 Å². The van der Waals surface area contributed by atoms with Gasteiger partial charge in [0.05, 0.1) is 4.91 Å². The molecular weight excluding hydrogens is 336 g/mol. The van der Waals surface area contributed by atoms with E-state index in [0.717, 1.165) is 49.4 Å².